The summed E-state index contributed by atoms with van der Waals surface area (Å²) < 4.78 is 1.55. The van der Waals surface area contributed by atoms with Gasteiger partial charge < -0.3 is 5.32 Å². The van der Waals surface area contributed by atoms with Crippen LogP contribution in [0.3, 0.4) is 0 Å². The molecule has 0 aliphatic carbocycles. The summed E-state index contributed by atoms with van der Waals surface area (Å²) in [5, 5.41) is 3.73. The molecule has 0 spiro atoms. The number of nitrogens with zero attached hydrogens (tertiary/aromatic N) is 2. The Morgan fingerprint density at radius 2 is 2.33 bits per heavy atom. The summed E-state index contributed by atoms with van der Waals surface area (Å²) in [7, 11) is 0. The van der Waals surface area contributed by atoms with Crippen molar-refractivity contribution < 1.29 is 0 Å². The summed E-state index contributed by atoms with van der Waals surface area (Å²) in [6, 6.07) is 0. The Labute approximate surface area is 94.3 Å². The Hall–Kier alpha value is -0.870. The van der Waals surface area contributed by atoms with Gasteiger partial charge in [-0.3, -0.25) is 4.57 Å². The second kappa shape index (κ2) is 6.58. The maximum atomic E-state index is 11.3. The van der Waals surface area contributed by atoms with E-state index in [9.17, 15) is 4.79 Å². The Kier molecular flexibility index (Phi) is 5.36. The molecule has 84 valence electrons. The van der Waals surface area contributed by atoms with Crippen molar-refractivity contribution in [2.75, 3.05) is 13.1 Å². The summed E-state index contributed by atoms with van der Waals surface area (Å²) in [5.74, 6) is 0. The molecule has 1 heterocycles. The van der Waals surface area contributed by atoms with Gasteiger partial charge in [-0.05, 0) is 25.9 Å². The predicted molar refractivity (Wildman–Crippen MR) is 61.3 cm³/mol. The number of hydrogen-bond acceptors (Lipinski definition) is 3. The summed E-state index contributed by atoms with van der Waals surface area (Å²) in [6.07, 6.45) is 5.00. The van der Waals surface area contributed by atoms with Gasteiger partial charge in [0.15, 0.2) is 0 Å². The molecule has 0 saturated heterocycles. The van der Waals surface area contributed by atoms with Gasteiger partial charge in [-0.15, -0.1) is 0 Å². The molecule has 0 amide bonds. The van der Waals surface area contributed by atoms with Crippen LogP contribution in [0.15, 0.2) is 17.2 Å². The molecular weight excluding hydrogens is 214 g/mol. The van der Waals surface area contributed by atoms with Crippen LogP contribution in [0, 0.1) is 0 Å². The molecule has 0 radical (unpaired) electrons. The molecule has 0 aliphatic rings. The minimum Gasteiger partial charge on any atom is -0.317 e. The number of aryl methyl sites for hydroxylation is 1. The largest absolute Gasteiger partial charge is 0.347 e. The van der Waals surface area contributed by atoms with Crippen molar-refractivity contribution >= 4 is 11.6 Å². The molecule has 0 bridgehead atoms. The van der Waals surface area contributed by atoms with Crippen LogP contribution in [0.2, 0.25) is 5.02 Å². The highest BCUT2D eigenvalue weighted by Crippen LogP contribution is 2.02. The summed E-state index contributed by atoms with van der Waals surface area (Å²) in [4.78, 5) is 14.9. The minimum absolute atomic E-state index is 0.233. The highest BCUT2D eigenvalue weighted by Gasteiger charge is 1.97. The van der Waals surface area contributed by atoms with Gasteiger partial charge in [0.2, 0.25) is 0 Å². The van der Waals surface area contributed by atoms with Crippen LogP contribution < -0.4 is 11.0 Å². The molecular formula is C10H16ClN3O. The summed E-state index contributed by atoms with van der Waals surface area (Å²) in [6.45, 7) is 4.72. The lowest BCUT2D eigenvalue weighted by molar-refractivity contribution is 0.559. The number of aromatic nitrogens is 2. The zero-order chi connectivity index (χ0) is 11.1. The van der Waals surface area contributed by atoms with Gasteiger partial charge in [0.25, 0.3) is 0 Å². The molecule has 1 aromatic rings. The quantitative estimate of drug-likeness (QED) is 0.748. The van der Waals surface area contributed by atoms with Crippen LogP contribution in [0.25, 0.3) is 0 Å². The van der Waals surface area contributed by atoms with Crippen LogP contribution in [0.1, 0.15) is 19.8 Å². The average molecular weight is 230 g/mol. The Balaban J connectivity index is 2.37. The third kappa shape index (κ3) is 4.44. The molecule has 5 heteroatoms. The molecule has 0 fully saturated rings. The van der Waals surface area contributed by atoms with E-state index < -0.39 is 0 Å². The fraction of sp³-hybridized carbons (Fsp3) is 0.600. The fourth-order valence-electron chi connectivity index (χ4n) is 1.30. The highest BCUT2D eigenvalue weighted by molar-refractivity contribution is 6.30. The molecule has 0 saturated carbocycles. The topological polar surface area (TPSA) is 46.9 Å². The normalized spacial score (nSPS) is 10.5. The van der Waals surface area contributed by atoms with Crippen molar-refractivity contribution in [2.24, 2.45) is 0 Å². The third-order valence-corrected chi connectivity index (χ3v) is 2.27. The Morgan fingerprint density at radius 3 is 3.07 bits per heavy atom. The van der Waals surface area contributed by atoms with Crippen LogP contribution >= 0.6 is 11.6 Å². The van der Waals surface area contributed by atoms with Crippen LogP contribution in [0.4, 0.5) is 0 Å². The lowest BCUT2D eigenvalue weighted by Crippen LogP contribution is -2.22. The smallest absolute Gasteiger partial charge is 0.317 e. The standard InChI is InChI=1S/C10H16ClN3O/c1-2-12-5-3-4-6-14-8-9(11)7-13-10(14)15/h7-8,12H,2-6H2,1H3. The first kappa shape index (κ1) is 12.2. The van der Waals surface area contributed by atoms with Gasteiger partial charge in [0.05, 0.1) is 11.2 Å². The minimum atomic E-state index is -0.233. The monoisotopic (exact) mass is 229 g/mol. The molecule has 1 N–H and O–H groups in total. The van der Waals surface area contributed by atoms with E-state index in [0.29, 0.717) is 11.6 Å². The molecule has 1 rings (SSSR count). The maximum absolute atomic E-state index is 11.3. The molecule has 0 atom stereocenters. The van der Waals surface area contributed by atoms with Crippen molar-refractivity contribution in [3.05, 3.63) is 27.9 Å². The van der Waals surface area contributed by atoms with E-state index in [2.05, 4.69) is 17.2 Å². The van der Waals surface area contributed by atoms with Crippen molar-refractivity contribution in [1.82, 2.24) is 14.9 Å². The molecule has 15 heavy (non-hydrogen) atoms. The number of hydrogen-bond donors (Lipinski definition) is 1. The van der Waals surface area contributed by atoms with Gasteiger partial charge in [0, 0.05) is 12.7 Å². The molecule has 0 unspecified atom stereocenters. The van der Waals surface area contributed by atoms with Crippen LogP contribution in [0.5, 0.6) is 0 Å². The van der Waals surface area contributed by atoms with E-state index in [1.807, 2.05) is 0 Å². The maximum Gasteiger partial charge on any atom is 0.347 e. The van der Waals surface area contributed by atoms with Crippen molar-refractivity contribution in [3.63, 3.8) is 0 Å². The Bertz CT molecular complexity index is 351. The van der Waals surface area contributed by atoms with Crippen LogP contribution in [-0.2, 0) is 6.54 Å². The molecule has 0 aliphatic heterocycles. The first-order chi connectivity index (χ1) is 7.24. The molecule has 4 nitrogen and oxygen atoms in total. The first-order valence-electron chi connectivity index (χ1n) is 5.16. The van der Waals surface area contributed by atoms with Crippen molar-refractivity contribution in [2.45, 2.75) is 26.3 Å². The van der Waals surface area contributed by atoms with Crippen molar-refractivity contribution in [3.8, 4) is 0 Å². The first-order valence-corrected chi connectivity index (χ1v) is 5.54. The SMILES string of the molecule is CCNCCCCn1cc(Cl)cnc1=O. The van der Waals surface area contributed by atoms with E-state index in [1.165, 1.54) is 6.20 Å². The fourth-order valence-corrected chi connectivity index (χ4v) is 1.46. The number of nitrogens with one attached hydrogen (secondary N) is 1. The predicted octanol–water partition coefficient (Wildman–Crippen LogP) is 1.29. The lowest BCUT2D eigenvalue weighted by atomic mass is 10.3. The lowest BCUT2D eigenvalue weighted by Gasteiger charge is -2.05. The van der Waals surface area contributed by atoms with Crippen molar-refractivity contribution in [1.29, 1.82) is 0 Å². The second-order valence-corrected chi connectivity index (χ2v) is 3.75. The Morgan fingerprint density at radius 1 is 1.53 bits per heavy atom. The van der Waals surface area contributed by atoms with Gasteiger partial charge in [0.1, 0.15) is 0 Å². The summed E-state index contributed by atoms with van der Waals surface area (Å²) in [5.41, 5.74) is -0.233. The van der Waals surface area contributed by atoms with Gasteiger partial charge in [-0.1, -0.05) is 18.5 Å². The van der Waals surface area contributed by atoms with E-state index in [0.717, 1.165) is 25.9 Å². The van der Waals surface area contributed by atoms with E-state index >= 15 is 0 Å². The van der Waals surface area contributed by atoms with Gasteiger partial charge >= 0.3 is 5.69 Å². The third-order valence-electron chi connectivity index (χ3n) is 2.08. The molecule has 0 aromatic carbocycles. The number of unbranched alkanes of at least 4 members (excludes halogenated alkanes) is 1. The van der Waals surface area contributed by atoms with E-state index in [-0.39, 0.29) is 5.69 Å². The zero-order valence-corrected chi connectivity index (χ0v) is 9.63. The average Bonchev–Trinajstić information content (AvgIpc) is 2.23. The number of rotatable bonds is 6. The number of halogens is 1. The van der Waals surface area contributed by atoms with E-state index in [4.69, 9.17) is 11.6 Å². The highest BCUT2D eigenvalue weighted by atomic mass is 35.5. The van der Waals surface area contributed by atoms with Gasteiger partial charge in [-0.2, -0.15) is 0 Å². The zero-order valence-electron chi connectivity index (χ0n) is 8.87. The van der Waals surface area contributed by atoms with Gasteiger partial charge in [-0.25, -0.2) is 9.78 Å². The van der Waals surface area contributed by atoms with E-state index in [1.54, 1.807) is 10.8 Å². The second-order valence-electron chi connectivity index (χ2n) is 3.31. The molecule has 1 aromatic heterocycles. The summed E-state index contributed by atoms with van der Waals surface area (Å²) >= 11 is 5.74. The van der Waals surface area contributed by atoms with Crippen LogP contribution in [-0.4, -0.2) is 22.6 Å².